The number of nitrogens with one attached hydrogen (secondary N) is 1. The van der Waals surface area contributed by atoms with Crippen molar-refractivity contribution < 1.29 is 4.79 Å². The van der Waals surface area contributed by atoms with E-state index in [4.69, 9.17) is 4.98 Å². The van der Waals surface area contributed by atoms with Crippen LogP contribution in [0.4, 0.5) is 11.5 Å². The third-order valence-electron chi connectivity index (χ3n) is 5.88. The second kappa shape index (κ2) is 8.66. The van der Waals surface area contributed by atoms with Gasteiger partial charge in [-0.3, -0.25) is 4.79 Å². The van der Waals surface area contributed by atoms with Crippen molar-refractivity contribution >= 4 is 17.4 Å². The highest BCUT2D eigenvalue weighted by Gasteiger charge is 2.26. The molecular formula is C25H28N4O. The number of nitrogens with zero attached hydrogens (tertiary/aromatic N) is 3. The minimum Gasteiger partial charge on any atom is -0.356 e. The molecule has 30 heavy (non-hydrogen) atoms. The molecule has 5 heteroatoms. The van der Waals surface area contributed by atoms with Gasteiger partial charge < -0.3 is 10.2 Å². The van der Waals surface area contributed by atoms with Crippen LogP contribution in [0.2, 0.25) is 0 Å². The van der Waals surface area contributed by atoms with Gasteiger partial charge in [0.2, 0.25) is 5.91 Å². The van der Waals surface area contributed by atoms with Gasteiger partial charge >= 0.3 is 0 Å². The lowest BCUT2D eigenvalue weighted by Crippen LogP contribution is -2.38. The largest absolute Gasteiger partial charge is 0.356 e. The van der Waals surface area contributed by atoms with E-state index in [2.05, 4.69) is 54.2 Å². The average Bonchev–Trinajstić information content (AvgIpc) is 2.76. The smallest absolute Gasteiger partial charge is 0.227 e. The summed E-state index contributed by atoms with van der Waals surface area (Å²) in [5.41, 5.74) is 5.52. The number of rotatable bonds is 4. The fourth-order valence-electron chi connectivity index (χ4n) is 3.88. The van der Waals surface area contributed by atoms with E-state index >= 15 is 0 Å². The van der Waals surface area contributed by atoms with Gasteiger partial charge in [-0.2, -0.15) is 0 Å². The molecule has 5 nitrogen and oxygen atoms in total. The molecule has 2 aromatic carbocycles. The Morgan fingerprint density at radius 3 is 2.53 bits per heavy atom. The molecule has 2 heterocycles. The van der Waals surface area contributed by atoms with Crippen LogP contribution in [0, 0.1) is 26.7 Å². The first kappa shape index (κ1) is 20.1. The first-order valence-corrected chi connectivity index (χ1v) is 10.5. The maximum atomic E-state index is 12.7. The number of aryl methyl sites for hydroxylation is 3. The maximum Gasteiger partial charge on any atom is 0.227 e. The molecule has 1 amide bonds. The number of carbonyl (C=O) groups is 1. The molecule has 0 aliphatic carbocycles. The molecule has 3 aromatic rings. The summed E-state index contributed by atoms with van der Waals surface area (Å²) in [5.74, 6) is 1.81. The van der Waals surface area contributed by atoms with Gasteiger partial charge in [0.1, 0.15) is 5.82 Å². The molecule has 1 fully saturated rings. The van der Waals surface area contributed by atoms with E-state index in [0.29, 0.717) is 0 Å². The molecule has 0 radical (unpaired) electrons. The summed E-state index contributed by atoms with van der Waals surface area (Å²) < 4.78 is 0. The molecule has 0 unspecified atom stereocenters. The maximum absolute atomic E-state index is 12.7. The molecule has 1 aliphatic rings. The summed E-state index contributed by atoms with van der Waals surface area (Å²) in [5, 5.41) is 3.09. The van der Waals surface area contributed by atoms with Crippen LogP contribution in [-0.2, 0) is 4.79 Å². The number of carbonyl (C=O) groups excluding carboxylic acids is 1. The van der Waals surface area contributed by atoms with Crippen LogP contribution in [0.25, 0.3) is 11.4 Å². The molecule has 0 atom stereocenters. The van der Waals surface area contributed by atoms with Gasteiger partial charge in [-0.15, -0.1) is 0 Å². The molecule has 0 saturated carbocycles. The van der Waals surface area contributed by atoms with Crippen molar-refractivity contribution in [2.75, 3.05) is 23.3 Å². The van der Waals surface area contributed by atoms with E-state index in [1.165, 1.54) is 16.7 Å². The highest BCUT2D eigenvalue weighted by molar-refractivity contribution is 5.92. The minimum absolute atomic E-state index is 0.0286. The second-order valence-corrected chi connectivity index (χ2v) is 8.16. The first-order valence-electron chi connectivity index (χ1n) is 10.5. The van der Waals surface area contributed by atoms with Crippen molar-refractivity contribution in [2.24, 2.45) is 5.92 Å². The van der Waals surface area contributed by atoms with Gasteiger partial charge in [0, 0.05) is 36.5 Å². The van der Waals surface area contributed by atoms with Crippen molar-refractivity contribution in [2.45, 2.75) is 33.6 Å². The number of piperidine rings is 1. The zero-order valence-electron chi connectivity index (χ0n) is 17.9. The van der Waals surface area contributed by atoms with Crippen LogP contribution >= 0.6 is 0 Å². The van der Waals surface area contributed by atoms with Crippen LogP contribution in [-0.4, -0.2) is 29.0 Å². The van der Waals surface area contributed by atoms with Crippen molar-refractivity contribution in [3.8, 4) is 11.4 Å². The first-order chi connectivity index (χ1) is 14.5. The molecule has 0 spiro atoms. The number of aromatic nitrogens is 2. The van der Waals surface area contributed by atoms with Crippen molar-refractivity contribution in [1.82, 2.24) is 9.97 Å². The predicted molar refractivity (Wildman–Crippen MR) is 122 cm³/mol. The number of benzene rings is 2. The van der Waals surface area contributed by atoms with E-state index in [1.807, 2.05) is 36.5 Å². The summed E-state index contributed by atoms with van der Waals surface area (Å²) in [6.07, 6.45) is 3.46. The highest BCUT2D eigenvalue weighted by Crippen LogP contribution is 2.25. The predicted octanol–water partition coefficient (Wildman–Crippen LogP) is 4.92. The van der Waals surface area contributed by atoms with E-state index < -0.39 is 0 Å². The lowest BCUT2D eigenvalue weighted by molar-refractivity contribution is -0.120. The monoisotopic (exact) mass is 400 g/mol. The molecule has 1 saturated heterocycles. The van der Waals surface area contributed by atoms with E-state index in [9.17, 15) is 4.79 Å². The van der Waals surface area contributed by atoms with Crippen molar-refractivity contribution in [1.29, 1.82) is 0 Å². The summed E-state index contributed by atoms with van der Waals surface area (Å²) in [7, 11) is 0. The molecular weight excluding hydrogens is 372 g/mol. The Kier molecular flexibility index (Phi) is 5.79. The van der Waals surface area contributed by atoms with Crippen LogP contribution in [0.3, 0.4) is 0 Å². The Hall–Kier alpha value is -3.21. The Morgan fingerprint density at radius 1 is 1.00 bits per heavy atom. The third-order valence-corrected chi connectivity index (χ3v) is 5.88. The van der Waals surface area contributed by atoms with Gasteiger partial charge in [0.05, 0.1) is 0 Å². The number of hydrogen-bond acceptors (Lipinski definition) is 4. The molecule has 1 N–H and O–H groups in total. The van der Waals surface area contributed by atoms with Crippen molar-refractivity contribution in [3.63, 3.8) is 0 Å². The highest BCUT2D eigenvalue weighted by atomic mass is 16.1. The van der Waals surface area contributed by atoms with Crippen LogP contribution in [0.5, 0.6) is 0 Å². The lowest BCUT2D eigenvalue weighted by atomic mass is 9.95. The van der Waals surface area contributed by atoms with E-state index in [1.54, 1.807) is 0 Å². The summed E-state index contributed by atoms with van der Waals surface area (Å²) in [4.78, 5) is 24.2. The Bertz CT molecular complexity index is 1050. The van der Waals surface area contributed by atoms with Gasteiger partial charge in [0.25, 0.3) is 0 Å². The van der Waals surface area contributed by atoms with Crippen LogP contribution in [0.15, 0.2) is 54.7 Å². The quantitative estimate of drug-likeness (QED) is 0.675. The number of hydrogen-bond donors (Lipinski definition) is 1. The molecule has 154 valence electrons. The van der Waals surface area contributed by atoms with E-state index in [0.717, 1.165) is 48.8 Å². The topological polar surface area (TPSA) is 58.1 Å². The third kappa shape index (κ3) is 4.51. The second-order valence-electron chi connectivity index (χ2n) is 8.16. The molecule has 1 aliphatic heterocycles. The average molecular weight is 401 g/mol. The van der Waals surface area contributed by atoms with Crippen LogP contribution < -0.4 is 10.2 Å². The fourth-order valence-corrected chi connectivity index (χ4v) is 3.88. The normalized spacial score (nSPS) is 14.6. The Labute approximate surface area is 178 Å². The van der Waals surface area contributed by atoms with Crippen molar-refractivity contribution in [3.05, 3.63) is 71.4 Å². The fraction of sp³-hybridized carbons (Fsp3) is 0.320. The summed E-state index contributed by atoms with van der Waals surface area (Å²) in [6.45, 7) is 7.84. The Morgan fingerprint density at radius 2 is 1.80 bits per heavy atom. The number of anilines is 2. The minimum atomic E-state index is 0.0286. The molecule has 0 bridgehead atoms. The van der Waals surface area contributed by atoms with Gasteiger partial charge in [0.15, 0.2) is 5.82 Å². The lowest BCUT2D eigenvalue weighted by Gasteiger charge is -2.32. The van der Waals surface area contributed by atoms with Gasteiger partial charge in [-0.1, -0.05) is 29.8 Å². The van der Waals surface area contributed by atoms with Gasteiger partial charge in [-0.25, -0.2) is 9.97 Å². The molecule has 4 rings (SSSR count). The summed E-state index contributed by atoms with van der Waals surface area (Å²) in [6, 6.07) is 16.3. The Balaban J connectivity index is 1.39. The molecule has 1 aromatic heterocycles. The SMILES string of the molecule is Cc1cccc(-c2nccc(N3CCC(C(=O)Nc4ccc(C)c(C)c4)CC3)n2)c1. The summed E-state index contributed by atoms with van der Waals surface area (Å²) >= 11 is 0. The van der Waals surface area contributed by atoms with Gasteiger partial charge in [-0.05, 0) is 69.0 Å². The zero-order chi connectivity index (χ0) is 21.1. The number of amides is 1. The standard InChI is InChI=1S/C25H28N4O/c1-17-5-4-6-21(15-17)24-26-12-9-23(28-24)29-13-10-20(11-14-29)25(30)27-22-8-7-18(2)19(3)16-22/h4-9,12,15-16,20H,10-11,13-14H2,1-3H3,(H,27,30). The van der Waals surface area contributed by atoms with Crippen LogP contribution in [0.1, 0.15) is 29.5 Å². The zero-order valence-corrected chi connectivity index (χ0v) is 17.9. The van der Waals surface area contributed by atoms with E-state index in [-0.39, 0.29) is 11.8 Å².